The van der Waals surface area contributed by atoms with Crippen LogP contribution in [-0.2, 0) is 30.4 Å². The van der Waals surface area contributed by atoms with E-state index in [9.17, 15) is 34.4 Å². The smallest absolute Gasteiger partial charge is 0.366 e. The largest absolute Gasteiger partial charge is 1.00 e. The molecule has 35 heavy (non-hydrogen) atoms. The summed E-state index contributed by atoms with van der Waals surface area (Å²) >= 11 is 4.95. The molecule has 0 aliphatic carbocycles. The van der Waals surface area contributed by atoms with Crippen LogP contribution in [0.1, 0.15) is 11.1 Å². The van der Waals surface area contributed by atoms with Crippen molar-refractivity contribution in [2.24, 2.45) is 0 Å². The molecular weight excluding hydrogens is 551 g/mol. The Morgan fingerprint density at radius 3 is 1.69 bits per heavy atom. The molecule has 0 saturated heterocycles. The summed E-state index contributed by atoms with van der Waals surface area (Å²) < 4.78 is 93.8. The van der Waals surface area contributed by atoms with Gasteiger partial charge in [0, 0.05) is 26.8 Å². The molecule has 0 atom stereocenters. The first-order chi connectivity index (χ1) is 15.5. The molecule has 0 aromatic heterocycles. The first-order valence-corrected chi connectivity index (χ1v) is 13.9. The second-order valence-corrected chi connectivity index (χ2v) is 12.0. The Bertz CT molecular complexity index is 1460. The van der Waals surface area contributed by atoms with Crippen LogP contribution in [0.2, 0.25) is 0 Å². The van der Waals surface area contributed by atoms with E-state index in [2.05, 4.69) is 15.4 Å². The fourth-order valence-electron chi connectivity index (χ4n) is 2.55. The Balaban J connectivity index is 0.00000612. The second kappa shape index (κ2) is 12.1. The van der Waals surface area contributed by atoms with Gasteiger partial charge in [-0.3, -0.25) is 13.8 Å². The number of hydrogen-bond acceptors (Lipinski definition) is 7. The first-order valence-electron chi connectivity index (χ1n) is 9.15. The van der Waals surface area contributed by atoms with Gasteiger partial charge in [0.05, 0.1) is 5.69 Å². The zero-order valence-electron chi connectivity index (χ0n) is 19.0. The van der Waals surface area contributed by atoms with E-state index in [1.165, 1.54) is 50.5 Å². The van der Waals surface area contributed by atoms with E-state index in [0.29, 0.717) is 0 Å². The molecule has 17 heteroatoms. The third-order valence-electron chi connectivity index (χ3n) is 4.24. The molecule has 0 aliphatic heterocycles. The van der Waals surface area contributed by atoms with Crippen molar-refractivity contribution < 1.29 is 63.9 Å². The molecule has 0 aliphatic rings. The van der Waals surface area contributed by atoms with Crippen LogP contribution >= 0.6 is 12.2 Å². The molecule has 12 nitrogen and oxygen atoms in total. The van der Waals surface area contributed by atoms with Crippen LogP contribution in [0, 0.1) is 0 Å². The van der Waals surface area contributed by atoms with Crippen LogP contribution in [0.25, 0.3) is 12.2 Å². The molecule has 0 bridgehead atoms. The minimum Gasteiger partial charge on any atom is -0.366 e. The zero-order chi connectivity index (χ0) is 25.9. The summed E-state index contributed by atoms with van der Waals surface area (Å²) in [5.41, 5.74) is 0.0607. The molecule has 5 N–H and O–H groups in total. The molecular formula is C18H22N4NaO8S4+. The van der Waals surface area contributed by atoms with Crippen molar-refractivity contribution in [3.05, 3.63) is 47.5 Å². The van der Waals surface area contributed by atoms with E-state index in [1.54, 1.807) is 7.05 Å². The van der Waals surface area contributed by atoms with Crippen LogP contribution in [0.15, 0.2) is 46.2 Å². The Morgan fingerprint density at radius 1 is 0.857 bits per heavy atom. The molecule has 2 aromatic rings. The third kappa shape index (κ3) is 8.78. The monoisotopic (exact) mass is 573 g/mol. The SMILES string of the molecule is CNC(=S)Nc1ccc(/C=C/c2ccc(NS(=O)(=O)N(C)C)cc2S(=O)(=O)O)c(S(=O)(=O)O)c1.[Na+]. The number of thiocarbonyl (C=S) groups is 1. The molecule has 0 fully saturated rings. The summed E-state index contributed by atoms with van der Waals surface area (Å²) in [7, 11) is -9.33. The zero-order valence-corrected chi connectivity index (χ0v) is 24.3. The predicted octanol–water partition coefficient (Wildman–Crippen LogP) is -1.51. The van der Waals surface area contributed by atoms with Crippen molar-refractivity contribution in [3.8, 4) is 0 Å². The van der Waals surface area contributed by atoms with E-state index in [4.69, 9.17) is 12.2 Å². The normalized spacial score (nSPS) is 12.3. The van der Waals surface area contributed by atoms with E-state index >= 15 is 0 Å². The van der Waals surface area contributed by atoms with Gasteiger partial charge in [0.15, 0.2) is 5.11 Å². The van der Waals surface area contributed by atoms with Crippen LogP contribution in [0.5, 0.6) is 0 Å². The maximum atomic E-state index is 12.0. The molecule has 0 saturated carbocycles. The van der Waals surface area contributed by atoms with Gasteiger partial charge < -0.3 is 10.6 Å². The fourth-order valence-corrected chi connectivity index (χ4v) is 4.69. The summed E-state index contributed by atoms with van der Waals surface area (Å²) in [6.45, 7) is 0. The van der Waals surface area contributed by atoms with Gasteiger partial charge in [0.2, 0.25) is 0 Å². The summed E-state index contributed by atoms with van der Waals surface area (Å²) in [4.78, 5) is -1.12. The fraction of sp³-hybridized carbons (Fsp3) is 0.167. The first kappa shape index (κ1) is 31.4. The van der Waals surface area contributed by atoms with Gasteiger partial charge in [-0.15, -0.1) is 0 Å². The Morgan fingerprint density at radius 2 is 1.29 bits per heavy atom. The molecule has 0 amide bonds. The van der Waals surface area contributed by atoms with Gasteiger partial charge in [0.1, 0.15) is 9.79 Å². The Hall–Kier alpha value is -1.60. The summed E-state index contributed by atoms with van der Waals surface area (Å²) in [5.74, 6) is 0. The van der Waals surface area contributed by atoms with Crippen molar-refractivity contribution in [2.45, 2.75) is 9.79 Å². The molecule has 0 heterocycles. The van der Waals surface area contributed by atoms with Crippen molar-refractivity contribution in [1.29, 1.82) is 0 Å². The van der Waals surface area contributed by atoms with Crippen LogP contribution in [-0.4, -0.2) is 64.9 Å². The van der Waals surface area contributed by atoms with Crippen LogP contribution in [0.3, 0.4) is 0 Å². The minimum atomic E-state index is -4.80. The second-order valence-electron chi connectivity index (χ2n) is 6.88. The number of anilines is 2. The van der Waals surface area contributed by atoms with Gasteiger partial charge in [-0.25, -0.2) is 0 Å². The van der Waals surface area contributed by atoms with E-state index < -0.39 is 40.2 Å². The summed E-state index contributed by atoms with van der Waals surface area (Å²) in [6, 6.07) is 7.31. The van der Waals surface area contributed by atoms with Crippen molar-refractivity contribution in [3.63, 3.8) is 0 Å². The Kier molecular flexibility index (Phi) is 10.9. The maximum Gasteiger partial charge on any atom is 1.00 e. The molecule has 2 aromatic carbocycles. The number of nitrogens with one attached hydrogen (secondary N) is 3. The minimum absolute atomic E-state index is 0. The number of rotatable bonds is 8. The van der Waals surface area contributed by atoms with Crippen molar-refractivity contribution in [1.82, 2.24) is 9.62 Å². The standard InChI is InChI=1S/C18H22N4O8S4.Na/c1-19-18(31)20-14-8-6-12(16(10-14)32(23,24)25)4-5-13-7-9-15(11-17(13)33(26,27)28)21-34(29,30)22(2)3;/h4-11,21H,1-3H3,(H2,19,20,31)(H,23,24,25)(H,26,27,28);/q;+1/b5-4+;. The van der Waals surface area contributed by atoms with Gasteiger partial charge in [0.25, 0.3) is 20.2 Å². The number of hydrogen-bond donors (Lipinski definition) is 5. The molecule has 186 valence electrons. The van der Waals surface area contributed by atoms with Gasteiger partial charge in [-0.1, -0.05) is 24.3 Å². The average Bonchev–Trinajstić information content (AvgIpc) is 2.71. The molecule has 0 radical (unpaired) electrons. The van der Waals surface area contributed by atoms with E-state index in [1.807, 2.05) is 0 Å². The molecule has 2 rings (SSSR count). The molecule has 0 spiro atoms. The Labute approximate surface area is 231 Å². The topological polar surface area (TPSA) is 182 Å². The molecule has 0 unspecified atom stereocenters. The van der Waals surface area contributed by atoms with Gasteiger partial charge in [-0.2, -0.15) is 29.6 Å². The predicted molar refractivity (Wildman–Crippen MR) is 133 cm³/mol. The maximum absolute atomic E-state index is 12.0. The van der Waals surface area contributed by atoms with Gasteiger partial charge >= 0.3 is 39.8 Å². The summed E-state index contributed by atoms with van der Waals surface area (Å²) in [5, 5.41) is 5.56. The quantitative estimate of drug-likeness (QED) is 0.107. The number of benzene rings is 2. The average molecular weight is 574 g/mol. The van der Waals surface area contributed by atoms with Crippen molar-refractivity contribution >= 4 is 71.3 Å². The third-order valence-corrected chi connectivity index (χ3v) is 7.82. The van der Waals surface area contributed by atoms with Crippen LogP contribution in [0.4, 0.5) is 11.4 Å². The van der Waals surface area contributed by atoms with Gasteiger partial charge in [-0.05, 0) is 47.6 Å². The van der Waals surface area contributed by atoms with Crippen LogP contribution < -0.4 is 44.9 Å². The van der Waals surface area contributed by atoms with E-state index in [0.717, 1.165) is 16.4 Å². The summed E-state index contributed by atoms with van der Waals surface area (Å²) in [6.07, 6.45) is 2.39. The van der Waals surface area contributed by atoms with Crippen molar-refractivity contribution in [2.75, 3.05) is 31.2 Å². The number of nitrogens with zero attached hydrogens (tertiary/aromatic N) is 1. The van der Waals surface area contributed by atoms with E-state index in [-0.39, 0.29) is 57.2 Å².